The summed E-state index contributed by atoms with van der Waals surface area (Å²) in [6.07, 6.45) is 0.608. The first-order valence-electron chi connectivity index (χ1n) is 12.6. The molecular formula is C32H27AsFNO4. The molecule has 7 heteroatoms. The summed E-state index contributed by atoms with van der Waals surface area (Å²) in [5.74, 6) is 0.503. The monoisotopic (exact) mass is 583 g/mol. The minimum absolute atomic E-state index is 0.0174. The van der Waals surface area contributed by atoms with Gasteiger partial charge in [-0.2, -0.15) is 0 Å². The number of carboxylic acids is 1. The SMILES string of the molecule is Cc1oc(-c2ccccc2)nc1CCOc1ccc([As](Cc2c(F)cccc2C(=O)O)c2ccccc2)cc1. The molecule has 0 bridgehead atoms. The second-order valence-electron chi connectivity index (χ2n) is 8.97. The van der Waals surface area contributed by atoms with Gasteiger partial charge in [-0.3, -0.25) is 0 Å². The predicted octanol–water partition coefficient (Wildman–Crippen LogP) is 5.50. The fourth-order valence-electron chi connectivity index (χ4n) is 4.37. The van der Waals surface area contributed by atoms with Crippen LogP contribution in [-0.2, 0) is 11.6 Å². The van der Waals surface area contributed by atoms with Crippen LogP contribution in [0.1, 0.15) is 27.4 Å². The third-order valence-corrected chi connectivity index (χ3v) is 11.6. The Bertz CT molecular complexity index is 1550. The van der Waals surface area contributed by atoms with Crippen LogP contribution >= 0.6 is 0 Å². The first kappa shape index (κ1) is 26.5. The van der Waals surface area contributed by atoms with E-state index in [0.717, 1.165) is 31.5 Å². The zero-order chi connectivity index (χ0) is 27.2. The van der Waals surface area contributed by atoms with Gasteiger partial charge in [0.25, 0.3) is 0 Å². The number of benzene rings is 4. The van der Waals surface area contributed by atoms with E-state index in [1.165, 1.54) is 18.2 Å². The normalized spacial score (nSPS) is 11.7. The number of aromatic nitrogens is 1. The second-order valence-corrected chi connectivity index (χ2v) is 13.6. The van der Waals surface area contributed by atoms with Crippen molar-refractivity contribution in [2.45, 2.75) is 18.6 Å². The van der Waals surface area contributed by atoms with Gasteiger partial charge in [0.05, 0.1) is 0 Å². The number of nitrogens with zero attached hydrogens (tertiary/aromatic N) is 1. The van der Waals surface area contributed by atoms with Crippen LogP contribution in [0.2, 0.25) is 0 Å². The van der Waals surface area contributed by atoms with Crippen molar-refractivity contribution in [2.24, 2.45) is 0 Å². The number of rotatable bonds is 10. The molecule has 5 nitrogen and oxygen atoms in total. The summed E-state index contributed by atoms with van der Waals surface area (Å²) in [6, 6.07) is 31.8. The number of hydrogen-bond acceptors (Lipinski definition) is 4. The van der Waals surface area contributed by atoms with E-state index in [1.807, 2.05) is 91.9 Å². The van der Waals surface area contributed by atoms with Crippen LogP contribution in [-0.4, -0.2) is 37.3 Å². The van der Waals surface area contributed by atoms with E-state index < -0.39 is 26.4 Å². The molecule has 0 saturated carbocycles. The summed E-state index contributed by atoms with van der Waals surface area (Å²) in [5, 5.41) is 10.0. The van der Waals surface area contributed by atoms with Crippen molar-refractivity contribution >= 4 is 29.3 Å². The van der Waals surface area contributed by atoms with E-state index in [0.29, 0.717) is 24.1 Å². The van der Waals surface area contributed by atoms with Gasteiger partial charge in [0.15, 0.2) is 0 Å². The number of carboxylic acid groups (broad SMARTS) is 1. The summed E-state index contributed by atoms with van der Waals surface area (Å²) < 4.78 is 28.9. The fraction of sp³-hybridized carbons (Fsp3) is 0.125. The molecular weight excluding hydrogens is 556 g/mol. The Morgan fingerprint density at radius 3 is 2.26 bits per heavy atom. The van der Waals surface area contributed by atoms with Crippen molar-refractivity contribution in [1.29, 1.82) is 0 Å². The van der Waals surface area contributed by atoms with Crippen molar-refractivity contribution in [2.75, 3.05) is 6.61 Å². The maximum absolute atomic E-state index is 14.8. The van der Waals surface area contributed by atoms with E-state index in [1.54, 1.807) is 0 Å². The molecule has 0 aliphatic carbocycles. The molecule has 1 N–H and O–H groups in total. The Morgan fingerprint density at radius 2 is 1.56 bits per heavy atom. The van der Waals surface area contributed by atoms with Crippen LogP contribution < -0.4 is 13.4 Å². The molecule has 0 saturated heterocycles. The van der Waals surface area contributed by atoms with Crippen molar-refractivity contribution in [1.82, 2.24) is 4.98 Å². The standard InChI is InChI=1S/C32H27AsFNO4/c1-22-30(35-31(39-22)23-9-4-2-5-10-23)19-20-38-26-17-15-25(16-18-26)33(24-11-6-3-7-12-24)21-28-27(32(36)37)13-8-14-29(28)34/h2-18H,19-21H2,1H3,(H,36,37). The molecule has 196 valence electrons. The quantitative estimate of drug-likeness (QED) is 0.220. The van der Waals surface area contributed by atoms with Gasteiger partial charge in [0.2, 0.25) is 0 Å². The molecule has 1 heterocycles. The molecule has 5 aromatic rings. The van der Waals surface area contributed by atoms with Crippen molar-refractivity contribution in [3.05, 3.63) is 132 Å². The summed E-state index contributed by atoms with van der Waals surface area (Å²) in [7, 11) is 0. The number of oxazole rings is 1. The molecule has 0 aliphatic rings. The number of halogens is 1. The molecule has 1 unspecified atom stereocenters. The van der Waals surface area contributed by atoms with Crippen molar-refractivity contribution in [3.8, 4) is 17.2 Å². The number of carbonyl (C=O) groups is 1. The summed E-state index contributed by atoms with van der Waals surface area (Å²) in [6.45, 7) is 2.35. The molecule has 1 atom stereocenters. The Kier molecular flexibility index (Phi) is 8.24. The second kappa shape index (κ2) is 12.1. The Morgan fingerprint density at radius 1 is 0.897 bits per heavy atom. The number of ether oxygens (including phenoxy) is 1. The average molecular weight is 583 g/mol. The number of aryl methyl sites for hydroxylation is 1. The van der Waals surface area contributed by atoms with E-state index in [-0.39, 0.29) is 11.1 Å². The van der Waals surface area contributed by atoms with Gasteiger partial charge in [0, 0.05) is 0 Å². The van der Waals surface area contributed by atoms with Gasteiger partial charge in [0.1, 0.15) is 0 Å². The van der Waals surface area contributed by atoms with Crippen LogP contribution in [0.25, 0.3) is 11.5 Å². The zero-order valence-corrected chi connectivity index (χ0v) is 23.3. The summed E-state index contributed by atoms with van der Waals surface area (Å²) in [5.41, 5.74) is 2.07. The Balaban J connectivity index is 1.30. The Hall–Kier alpha value is -4.15. The van der Waals surface area contributed by atoms with E-state index in [2.05, 4.69) is 4.98 Å². The molecule has 0 spiro atoms. The van der Waals surface area contributed by atoms with E-state index in [9.17, 15) is 14.3 Å². The average Bonchev–Trinajstić information content (AvgIpc) is 3.34. The summed E-state index contributed by atoms with van der Waals surface area (Å²) in [4.78, 5) is 16.4. The molecule has 0 aliphatic heterocycles. The van der Waals surface area contributed by atoms with Gasteiger partial charge in [-0.15, -0.1) is 0 Å². The third kappa shape index (κ3) is 6.30. The predicted molar refractivity (Wildman–Crippen MR) is 151 cm³/mol. The molecule has 0 amide bonds. The molecule has 1 aromatic heterocycles. The molecule has 0 radical (unpaired) electrons. The van der Waals surface area contributed by atoms with Crippen LogP contribution in [0.4, 0.5) is 4.39 Å². The number of aromatic carboxylic acids is 1. The van der Waals surface area contributed by atoms with Crippen LogP contribution in [0.3, 0.4) is 0 Å². The van der Waals surface area contributed by atoms with Crippen LogP contribution in [0.5, 0.6) is 5.75 Å². The van der Waals surface area contributed by atoms with Gasteiger partial charge in [-0.05, 0) is 0 Å². The van der Waals surface area contributed by atoms with Gasteiger partial charge < -0.3 is 0 Å². The first-order valence-corrected chi connectivity index (χ1v) is 15.8. The van der Waals surface area contributed by atoms with Gasteiger partial charge in [-0.1, -0.05) is 18.2 Å². The third-order valence-electron chi connectivity index (χ3n) is 6.40. The molecule has 4 aromatic carbocycles. The van der Waals surface area contributed by atoms with Gasteiger partial charge in [-0.25, -0.2) is 0 Å². The topological polar surface area (TPSA) is 72.6 Å². The van der Waals surface area contributed by atoms with Crippen LogP contribution in [0.15, 0.2) is 108 Å². The van der Waals surface area contributed by atoms with Crippen molar-refractivity contribution < 1.29 is 23.4 Å². The van der Waals surface area contributed by atoms with Gasteiger partial charge >= 0.3 is 213 Å². The first-order chi connectivity index (χ1) is 19.0. The maximum atomic E-state index is 14.8. The van der Waals surface area contributed by atoms with E-state index >= 15 is 0 Å². The summed E-state index contributed by atoms with van der Waals surface area (Å²) >= 11 is -2.07. The molecule has 5 rings (SSSR count). The van der Waals surface area contributed by atoms with Crippen LogP contribution in [0, 0.1) is 12.7 Å². The Labute approximate surface area is 231 Å². The number of hydrogen-bond donors (Lipinski definition) is 1. The minimum atomic E-state index is -2.07. The zero-order valence-electron chi connectivity index (χ0n) is 21.4. The van der Waals surface area contributed by atoms with E-state index in [4.69, 9.17) is 9.15 Å². The fourth-order valence-corrected chi connectivity index (χ4v) is 9.28. The molecule has 39 heavy (non-hydrogen) atoms. The van der Waals surface area contributed by atoms with Crippen molar-refractivity contribution in [3.63, 3.8) is 0 Å². The molecule has 0 fully saturated rings.